The van der Waals surface area contributed by atoms with Crippen LogP contribution in [0.15, 0.2) is 0 Å². The molecular weight excluding hydrogens is 416 g/mol. The molecule has 0 aromatic heterocycles. The van der Waals surface area contributed by atoms with Gasteiger partial charge in [0, 0.05) is 19.5 Å². The minimum atomic E-state index is -5.39. The Morgan fingerprint density at radius 3 is 0.600 bits per heavy atom. The largest absolute Gasteiger partial charge is 2.00 e. The van der Waals surface area contributed by atoms with Crippen LogP contribution in [0.4, 0.5) is 0 Å². The standard InChI is InChI=1S/4Ca.2H3O4P.Zn.2H/c;;;;2*1-5(2,3)4;;;/h;;;;2*(H3,1,2,3,4);;;/q4*+2;;;;2*-1/p-6. The van der Waals surface area contributed by atoms with Gasteiger partial charge < -0.3 is 41.3 Å². The third-order valence-electron chi connectivity index (χ3n) is 0. The third kappa shape index (κ3) is 184. The number of hydrogen-bond donors (Lipinski definition) is 0. The second-order valence-corrected chi connectivity index (χ2v) is 2.68. The first-order valence-electron chi connectivity index (χ1n) is 1.46. The molecule has 0 aliphatic heterocycles. The summed E-state index contributed by atoms with van der Waals surface area (Å²) in [6, 6.07) is 0. The zero-order valence-electron chi connectivity index (χ0n) is 9.70. The maximum atomic E-state index is 8.55. The van der Waals surface area contributed by atoms with Crippen LogP contribution in [0, 0.1) is 0 Å². The summed E-state index contributed by atoms with van der Waals surface area (Å²) in [7, 11) is -10.8. The molecule has 0 heterocycles. The van der Waals surface area contributed by atoms with Gasteiger partial charge in [-0.2, -0.15) is 15.6 Å². The van der Waals surface area contributed by atoms with Gasteiger partial charge in [-0.05, 0) is 0 Å². The van der Waals surface area contributed by atoms with E-state index in [0.29, 0.717) is 0 Å². The van der Waals surface area contributed by atoms with Crippen LogP contribution in [0.25, 0.3) is 0 Å². The molecule has 0 aromatic carbocycles. The molecule has 70 valence electrons. The quantitative estimate of drug-likeness (QED) is 0.276. The van der Waals surface area contributed by atoms with E-state index < -0.39 is 15.6 Å². The van der Waals surface area contributed by atoms with Gasteiger partial charge in [-0.15, -0.1) is 0 Å². The fourth-order valence-corrected chi connectivity index (χ4v) is 0. The summed E-state index contributed by atoms with van der Waals surface area (Å²) in [6.07, 6.45) is 0. The van der Waals surface area contributed by atoms with Crippen molar-refractivity contribution in [3.8, 4) is 0 Å². The van der Waals surface area contributed by atoms with E-state index in [1.54, 1.807) is 0 Å². The van der Waals surface area contributed by atoms with Crippen LogP contribution < -0.4 is 29.4 Å². The topological polar surface area (TPSA) is 172 Å². The van der Waals surface area contributed by atoms with E-state index in [1.165, 1.54) is 0 Å². The van der Waals surface area contributed by atoms with Gasteiger partial charge in [-0.3, -0.25) is 0 Å². The molecule has 0 saturated carbocycles. The molecule has 0 atom stereocenters. The van der Waals surface area contributed by atoms with Crippen LogP contribution in [0.5, 0.6) is 0 Å². The zero-order chi connectivity index (χ0) is 9.00. The molecule has 0 rings (SSSR count). The molecule has 15 heteroatoms. The molecule has 0 spiro atoms. The molecule has 15 heavy (non-hydrogen) atoms. The van der Waals surface area contributed by atoms with Gasteiger partial charge in [0.15, 0.2) is 0 Å². The van der Waals surface area contributed by atoms with Crippen LogP contribution in [0.3, 0.4) is 0 Å². The van der Waals surface area contributed by atoms with Gasteiger partial charge >= 0.3 is 151 Å². The fraction of sp³-hybridized carbons (Fsp3) is 0. The Hall–Kier alpha value is 5.88. The normalized spacial score (nSPS) is 7.87. The van der Waals surface area contributed by atoms with Gasteiger partial charge in [0.2, 0.25) is 0 Å². The average molecular weight is 418 g/mol. The van der Waals surface area contributed by atoms with E-state index in [4.69, 9.17) is 38.5 Å². The Morgan fingerprint density at radius 2 is 0.600 bits per heavy atom. The summed E-state index contributed by atoms with van der Waals surface area (Å²) in [6.45, 7) is 0. The van der Waals surface area contributed by atoms with Crippen molar-refractivity contribution in [2.75, 3.05) is 0 Å². The molecule has 0 radical (unpaired) electrons. The van der Waals surface area contributed by atoms with Gasteiger partial charge in [-0.1, -0.05) is 0 Å². The third-order valence-corrected chi connectivity index (χ3v) is 0. The van der Waals surface area contributed by atoms with Crippen LogP contribution in [0.2, 0.25) is 0 Å². The van der Waals surface area contributed by atoms with Gasteiger partial charge in [0.1, 0.15) is 0 Å². The van der Waals surface area contributed by atoms with Crippen molar-refractivity contribution in [2.24, 2.45) is 0 Å². The van der Waals surface area contributed by atoms with E-state index in [-0.39, 0.29) is 173 Å². The molecule has 0 amide bonds. The minimum Gasteiger partial charge on any atom is -1.00 e. The van der Waals surface area contributed by atoms with Crippen LogP contribution in [-0.4, -0.2) is 151 Å². The molecule has 0 aliphatic carbocycles. The summed E-state index contributed by atoms with van der Waals surface area (Å²) in [5.74, 6) is 0. The van der Waals surface area contributed by atoms with Gasteiger partial charge in [0.05, 0.1) is 0 Å². The van der Waals surface area contributed by atoms with Crippen LogP contribution in [-0.2, 0) is 28.6 Å². The first-order valence-corrected chi connectivity index (χ1v) is 4.38. The SMILES string of the molecule is O=P([O-])([O-])[O-].O=P([O-])([O-])[O-].[Ca+2].[Ca+2].[Ca+2].[Ca+2].[H-].[H-].[Zn]. The van der Waals surface area contributed by atoms with Crippen LogP contribution >= 0.6 is 15.6 Å². The second-order valence-electron chi connectivity index (χ2n) is 0.894. The maximum absolute atomic E-state index is 8.55. The van der Waals surface area contributed by atoms with E-state index >= 15 is 0 Å². The van der Waals surface area contributed by atoms with E-state index in [2.05, 4.69) is 0 Å². The second kappa shape index (κ2) is 22.2. The summed E-state index contributed by atoms with van der Waals surface area (Å²) in [4.78, 5) is 51.3. The van der Waals surface area contributed by atoms with Crippen molar-refractivity contribution < 1.29 is 60.8 Å². The molecule has 0 fully saturated rings. The Kier molecular flexibility index (Phi) is 63.3. The van der Waals surface area contributed by atoms with E-state index in [9.17, 15) is 0 Å². The number of phosphoric acid groups is 2. The summed E-state index contributed by atoms with van der Waals surface area (Å²) in [5, 5.41) is 0. The maximum Gasteiger partial charge on any atom is 2.00 e. The molecule has 0 N–H and O–H groups in total. The molecule has 0 unspecified atom stereocenters. The predicted octanol–water partition coefficient (Wildman–Crippen LogP) is -6.95. The summed E-state index contributed by atoms with van der Waals surface area (Å²) in [5.41, 5.74) is 0. The Morgan fingerprint density at radius 1 is 0.600 bits per heavy atom. The first kappa shape index (κ1) is 42.8. The van der Waals surface area contributed by atoms with Crippen molar-refractivity contribution in [3.05, 3.63) is 0 Å². The van der Waals surface area contributed by atoms with Crippen molar-refractivity contribution >= 4 is 167 Å². The molecule has 0 aromatic rings. The van der Waals surface area contributed by atoms with Crippen LogP contribution in [0.1, 0.15) is 2.85 Å². The molecule has 8 nitrogen and oxygen atoms in total. The molecular formula is H2Ca4O8P2Zn. The average Bonchev–Trinajstić information content (AvgIpc) is 1.12. The van der Waals surface area contributed by atoms with Crippen molar-refractivity contribution in [1.82, 2.24) is 0 Å². The number of hydrogen-bond acceptors (Lipinski definition) is 8. The number of rotatable bonds is 0. The Bertz CT molecular complexity index is 146. The smallest absolute Gasteiger partial charge is 1.00 e. The van der Waals surface area contributed by atoms with E-state index in [0.717, 1.165) is 0 Å². The van der Waals surface area contributed by atoms with Crippen molar-refractivity contribution in [3.63, 3.8) is 0 Å². The van der Waals surface area contributed by atoms with Gasteiger partial charge in [-0.25, -0.2) is 0 Å². The molecule has 0 aliphatic rings. The van der Waals surface area contributed by atoms with Crippen molar-refractivity contribution in [1.29, 1.82) is 0 Å². The predicted molar refractivity (Wildman–Crippen MR) is 40.5 cm³/mol. The van der Waals surface area contributed by atoms with E-state index in [1.807, 2.05) is 0 Å². The molecule has 0 saturated heterocycles. The minimum absolute atomic E-state index is 0. The Labute approximate surface area is 222 Å². The monoisotopic (exact) mass is 416 g/mol. The molecule has 0 bridgehead atoms. The van der Waals surface area contributed by atoms with Gasteiger partial charge in [0.25, 0.3) is 0 Å². The summed E-state index contributed by atoms with van der Waals surface area (Å²) < 4.78 is 17.1. The Balaban J connectivity index is -0.00000000762. The first-order chi connectivity index (χ1) is 4.00. The van der Waals surface area contributed by atoms with Crippen molar-refractivity contribution in [2.45, 2.75) is 0 Å². The summed E-state index contributed by atoms with van der Waals surface area (Å²) >= 11 is 0. The zero-order valence-corrected chi connectivity index (χ0v) is 21.3. The fourth-order valence-electron chi connectivity index (χ4n) is 0.